The second kappa shape index (κ2) is 5.97. The molecule has 6 N–H and O–H groups in total. The van der Waals surface area contributed by atoms with Crippen molar-refractivity contribution in [2.24, 2.45) is 11.5 Å². The molecule has 2 amide bonds. The number of aliphatic hydroxyl groups excluding tert-OH is 1. The van der Waals surface area contributed by atoms with Crippen LogP contribution in [0, 0.1) is 0 Å². The molecule has 1 fully saturated rings. The second-order valence-electron chi connectivity index (χ2n) is 4.82. The molecule has 98 valence electrons. The summed E-state index contributed by atoms with van der Waals surface area (Å²) in [6, 6.07) is 0. The lowest BCUT2D eigenvalue weighted by molar-refractivity contribution is -0.127. The van der Waals surface area contributed by atoms with Crippen LogP contribution in [0.15, 0.2) is 0 Å². The maximum atomic E-state index is 11.6. The molecule has 1 saturated carbocycles. The van der Waals surface area contributed by atoms with Gasteiger partial charge in [-0.3, -0.25) is 9.59 Å². The third-order valence-corrected chi connectivity index (χ3v) is 3.18. The van der Waals surface area contributed by atoms with E-state index in [0.717, 1.165) is 25.7 Å². The van der Waals surface area contributed by atoms with Crippen molar-refractivity contribution in [1.29, 1.82) is 0 Å². The minimum atomic E-state index is -1.33. The topological polar surface area (TPSA) is 118 Å². The molecule has 1 atom stereocenters. The van der Waals surface area contributed by atoms with Crippen molar-refractivity contribution >= 4 is 11.8 Å². The Bertz CT molecular complexity index is 288. The number of carbonyl (C=O) groups is 2. The van der Waals surface area contributed by atoms with Gasteiger partial charge in [-0.1, -0.05) is 19.3 Å². The predicted molar refractivity (Wildman–Crippen MR) is 62.8 cm³/mol. The zero-order chi connectivity index (χ0) is 12.9. The number of hydrogen-bond acceptors (Lipinski definition) is 4. The SMILES string of the molecule is NC(=O)C(O)CNC(=O)CC1(N)CCCCC1. The maximum Gasteiger partial charge on any atom is 0.248 e. The van der Waals surface area contributed by atoms with Gasteiger partial charge in [-0.25, -0.2) is 0 Å². The first-order valence-corrected chi connectivity index (χ1v) is 5.96. The van der Waals surface area contributed by atoms with Crippen molar-refractivity contribution in [2.75, 3.05) is 6.54 Å². The van der Waals surface area contributed by atoms with E-state index in [2.05, 4.69) is 5.32 Å². The van der Waals surface area contributed by atoms with Crippen molar-refractivity contribution in [3.63, 3.8) is 0 Å². The summed E-state index contributed by atoms with van der Waals surface area (Å²) >= 11 is 0. The molecule has 0 aromatic carbocycles. The molecule has 1 aliphatic carbocycles. The van der Waals surface area contributed by atoms with Crippen molar-refractivity contribution in [2.45, 2.75) is 50.2 Å². The molecule has 0 spiro atoms. The highest BCUT2D eigenvalue weighted by atomic mass is 16.3. The van der Waals surface area contributed by atoms with Gasteiger partial charge in [-0.2, -0.15) is 0 Å². The summed E-state index contributed by atoms with van der Waals surface area (Å²) in [5.74, 6) is -1.08. The summed E-state index contributed by atoms with van der Waals surface area (Å²) in [5.41, 5.74) is 10.5. The fourth-order valence-corrected chi connectivity index (χ4v) is 2.13. The minimum Gasteiger partial charge on any atom is -0.381 e. The van der Waals surface area contributed by atoms with Gasteiger partial charge in [-0.05, 0) is 12.8 Å². The van der Waals surface area contributed by atoms with Crippen molar-refractivity contribution in [3.8, 4) is 0 Å². The number of aliphatic hydroxyl groups is 1. The molecule has 0 aromatic rings. The van der Waals surface area contributed by atoms with E-state index in [0.29, 0.717) is 0 Å². The second-order valence-corrected chi connectivity index (χ2v) is 4.82. The Kier molecular flexibility index (Phi) is 4.89. The Morgan fingerprint density at radius 2 is 1.88 bits per heavy atom. The Hall–Kier alpha value is -1.14. The molecular weight excluding hydrogens is 222 g/mol. The largest absolute Gasteiger partial charge is 0.381 e. The van der Waals surface area contributed by atoms with Crippen LogP contribution in [0.4, 0.5) is 0 Å². The first-order chi connectivity index (χ1) is 7.93. The Labute approximate surface area is 101 Å². The molecule has 0 aliphatic heterocycles. The highest BCUT2D eigenvalue weighted by molar-refractivity contribution is 5.81. The zero-order valence-electron chi connectivity index (χ0n) is 9.95. The fraction of sp³-hybridized carbons (Fsp3) is 0.818. The van der Waals surface area contributed by atoms with Crippen LogP contribution in [0.2, 0.25) is 0 Å². The van der Waals surface area contributed by atoms with E-state index in [1.54, 1.807) is 0 Å². The van der Waals surface area contributed by atoms with E-state index < -0.39 is 17.6 Å². The van der Waals surface area contributed by atoms with Crippen LogP contribution < -0.4 is 16.8 Å². The highest BCUT2D eigenvalue weighted by Gasteiger charge is 2.30. The lowest BCUT2D eigenvalue weighted by Crippen LogP contribution is -2.47. The normalized spacial score (nSPS) is 20.6. The summed E-state index contributed by atoms with van der Waals surface area (Å²) in [7, 11) is 0. The fourth-order valence-electron chi connectivity index (χ4n) is 2.13. The molecular formula is C11H21N3O3. The summed E-state index contributed by atoms with van der Waals surface area (Å²) in [5, 5.41) is 11.6. The third-order valence-electron chi connectivity index (χ3n) is 3.18. The van der Waals surface area contributed by atoms with Crippen molar-refractivity contribution in [3.05, 3.63) is 0 Å². The predicted octanol–water partition coefficient (Wildman–Crippen LogP) is -0.999. The minimum absolute atomic E-state index is 0.149. The van der Waals surface area contributed by atoms with Gasteiger partial charge in [0.15, 0.2) is 0 Å². The number of rotatable bonds is 5. The van der Waals surface area contributed by atoms with E-state index in [1.165, 1.54) is 6.42 Å². The molecule has 6 heteroatoms. The number of nitrogens with one attached hydrogen (secondary N) is 1. The van der Waals surface area contributed by atoms with Crippen LogP contribution >= 0.6 is 0 Å². The summed E-state index contributed by atoms with van der Waals surface area (Å²) in [6.45, 7) is -0.149. The standard InChI is InChI=1S/C11H21N3O3/c12-10(17)8(15)7-14-9(16)6-11(13)4-2-1-3-5-11/h8,15H,1-7,13H2,(H2,12,17)(H,14,16). The van der Waals surface area contributed by atoms with Gasteiger partial charge in [-0.15, -0.1) is 0 Å². The van der Waals surface area contributed by atoms with Crippen LogP contribution in [0.5, 0.6) is 0 Å². The van der Waals surface area contributed by atoms with E-state index in [1.807, 2.05) is 0 Å². The van der Waals surface area contributed by atoms with Crippen LogP contribution in [0.25, 0.3) is 0 Å². The van der Waals surface area contributed by atoms with E-state index in [4.69, 9.17) is 16.6 Å². The lowest BCUT2D eigenvalue weighted by Gasteiger charge is -2.32. The summed E-state index contributed by atoms with van der Waals surface area (Å²) in [6.07, 6.45) is 3.86. The summed E-state index contributed by atoms with van der Waals surface area (Å²) < 4.78 is 0. The van der Waals surface area contributed by atoms with Gasteiger partial charge in [0.1, 0.15) is 6.10 Å². The van der Waals surface area contributed by atoms with Gasteiger partial charge < -0.3 is 21.9 Å². The lowest BCUT2D eigenvalue weighted by atomic mass is 9.80. The van der Waals surface area contributed by atoms with Gasteiger partial charge in [0.2, 0.25) is 11.8 Å². The molecule has 0 saturated heterocycles. The van der Waals surface area contributed by atoms with E-state index >= 15 is 0 Å². The van der Waals surface area contributed by atoms with Crippen LogP contribution in [0.1, 0.15) is 38.5 Å². The molecule has 0 aromatic heterocycles. The van der Waals surface area contributed by atoms with Crippen LogP contribution in [0.3, 0.4) is 0 Å². The molecule has 1 unspecified atom stereocenters. The molecule has 6 nitrogen and oxygen atoms in total. The van der Waals surface area contributed by atoms with Crippen molar-refractivity contribution < 1.29 is 14.7 Å². The van der Waals surface area contributed by atoms with Gasteiger partial charge in [0.25, 0.3) is 0 Å². The van der Waals surface area contributed by atoms with E-state index in [9.17, 15) is 9.59 Å². The number of amides is 2. The first kappa shape index (κ1) is 13.9. The molecule has 17 heavy (non-hydrogen) atoms. The highest BCUT2D eigenvalue weighted by Crippen LogP contribution is 2.28. The van der Waals surface area contributed by atoms with Crippen LogP contribution in [-0.2, 0) is 9.59 Å². The summed E-state index contributed by atoms with van der Waals surface area (Å²) in [4.78, 5) is 22.2. The quantitative estimate of drug-likeness (QED) is 0.495. The Morgan fingerprint density at radius 1 is 1.29 bits per heavy atom. The Balaban J connectivity index is 2.31. The first-order valence-electron chi connectivity index (χ1n) is 5.96. The average molecular weight is 243 g/mol. The Morgan fingerprint density at radius 3 is 2.41 bits per heavy atom. The third kappa shape index (κ3) is 4.70. The number of primary amides is 1. The molecule has 1 rings (SSSR count). The average Bonchev–Trinajstić information content (AvgIpc) is 2.26. The van der Waals surface area contributed by atoms with Gasteiger partial charge in [0, 0.05) is 12.0 Å². The zero-order valence-corrected chi connectivity index (χ0v) is 9.95. The smallest absolute Gasteiger partial charge is 0.248 e. The van der Waals surface area contributed by atoms with Gasteiger partial charge in [0.05, 0.1) is 6.54 Å². The molecule has 0 radical (unpaired) electrons. The van der Waals surface area contributed by atoms with Crippen LogP contribution in [-0.4, -0.2) is 35.1 Å². The molecule has 0 bridgehead atoms. The molecule has 0 heterocycles. The molecule has 1 aliphatic rings. The van der Waals surface area contributed by atoms with Gasteiger partial charge >= 0.3 is 0 Å². The van der Waals surface area contributed by atoms with E-state index in [-0.39, 0.29) is 18.9 Å². The van der Waals surface area contributed by atoms with Crippen molar-refractivity contribution in [1.82, 2.24) is 5.32 Å². The maximum absolute atomic E-state index is 11.6. The number of hydrogen-bond donors (Lipinski definition) is 4. The monoisotopic (exact) mass is 243 g/mol. The number of nitrogens with two attached hydrogens (primary N) is 2. The number of carbonyl (C=O) groups excluding carboxylic acids is 2.